The van der Waals surface area contributed by atoms with Crippen molar-refractivity contribution >= 4 is 23.2 Å². The quantitative estimate of drug-likeness (QED) is 0.860. The van der Waals surface area contributed by atoms with E-state index in [1.165, 1.54) is 12.8 Å². The SMILES string of the molecule is CCCC1CCN(C(=O)c2cc(Cl)ccc2N)CC1. The molecular formula is C15H21ClN2O. The van der Waals surface area contributed by atoms with E-state index in [1.807, 2.05) is 4.90 Å². The molecular weight excluding hydrogens is 260 g/mol. The lowest BCUT2D eigenvalue weighted by Crippen LogP contribution is -2.38. The summed E-state index contributed by atoms with van der Waals surface area (Å²) in [6, 6.07) is 5.07. The van der Waals surface area contributed by atoms with Crippen LogP contribution in [-0.4, -0.2) is 23.9 Å². The minimum atomic E-state index is 0.00921. The zero-order chi connectivity index (χ0) is 13.8. The third-order valence-electron chi connectivity index (χ3n) is 3.84. The molecule has 1 aromatic rings. The second-order valence-corrected chi connectivity index (χ2v) is 5.69. The Morgan fingerprint density at radius 3 is 2.74 bits per heavy atom. The Labute approximate surface area is 119 Å². The number of carbonyl (C=O) groups excluding carboxylic acids is 1. The number of anilines is 1. The number of piperidine rings is 1. The highest BCUT2D eigenvalue weighted by molar-refractivity contribution is 6.31. The Balaban J connectivity index is 2.03. The Morgan fingerprint density at radius 2 is 2.11 bits per heavy atom. The summed E-state index contributed by atoms with van der Waals surface area (Å²) in [4.78, 5) is 14.3. The van der Waals surface area contributed by atoms with E-state index in [1.54, 1.807) is 18.2 Å². The molecule has 1 aliphatic rings. The zero-order valence-corrected chi connectivity index (χ0v) is 12.1. The van der Waals surface area contributed by atoms with Gasteiger partial charge in [0.15, 0.2) is 0 Å². The number of hydrogen-bond donors (Lipinski definition) is 1. The summed E-state index contributed by atoms with van der Waals surface area (Å²) in [5.74, 6) is 0.778. The van der Waals surface area contributed by atoms with E-state index >= 15 is 0 Å². The first-order chi connectivity index (χ1) is 9.11. The van der Waals surface area contributed by atoms with Gasteiger partial charge in [-0.2, -0.15) is 0 Å². The van der Waals surface area contributed by atoms with Crippen LogP contribution in [0.1, 0.15) is 43.0 Å². The largest absolute Gasteiger partial charge is 0.398 e. The van der Waals surface area contributed by atoms with Crippen molar-refractivity contribution in [3.63, 3.8) is 0 Å². The lowest BCUT2D eigenvalue weighted by atomic mass is 9.92. The number of hydrogen-bond acceptors (Lipinski definition) is 2. The third kappa shape index (κ3) is 3.41. The number of likely N-dealkylation sites (tertiary alicyclic amines) is 1. The predicted octanol–water partition coefficient (Wildman–Crippen LogP) is 3.57. The van der Waals surface area contributed by atoms with Gasteiger partial charge >= 0.3 is 0 Å². The Kier molecular flexibility index (Phi) is 4.70. The molecule has 1 saturated heterocycles. The lowest BCUT2D eigenvalue weighted by Gasteiger charge is -2.32. The highest BCUT2D eigenvalue weighted by Crippen LogP contribution is 2.25. The van der Waals surface area contributed by atoms with E-state index in [2.05, 4.69) is 6.92 Å². The van der Waals surface area contributed by atoms with Crippen molar-refractivity contribution in [3.05, 3.63) is 28.8 Å². The molecule has 1 aliphatic heterocycles. The smallest absolute Gasteiger partial charge is 0.255 e. The Morgan fingerprint density at radius 1 is 1.42 bits per heavy atom. The fourth-order valence-corrected chi connectivity index (χ4v) is 2.89. The molecule has 0 atom stereocenters. The van der Waals surface area contributed by atoms with Crippen molar-refractivity contribution in [2.75, 3.05) is 18.8 Å². The van der Waals surface area contributed by atoms with Crippen LogP contribution in [0.3, 0.4) is 0 Å². The van der Waals surface area contributed by atoms with Crippen LogP contribution in [0.5, 0.6) is 0 Å². The highest BCUT2D eigenvalue weighted by Gasteiger charge is 2.24. The predicted molar refractivity (Wildman–Crippen MR) is 79.4 cm³/mol. The van der Waals surface area contributed by atoms with Crippen LogP contribution in [0.15, 0.2) is 18.2 Å². The van der Waals surface area contributed by atoms with Crippen LogP contribution < -0.4 is 5.73 Å². The summed E-state index contributed by atoms with van der Waals surface area (Å²) in [5.41, 5.74) is 6.90. The van der Waals surface area contributed by atoms with Gasteiger partial charge in [0.2, 0.25) is 0 Å². The van der Waals surface area contributed by atoms with Gasteiger partial charge in [-0.3, -0.25) is 4.79 Å². The average molecular weight is 281 g/mol. The maximum Gasteiger partial charge on any atom is 0.255 e. The second-order valence-electron chi connectivity index (χ2n) is 5.26. The Bertz CT molecular complexity index is 453. The van der Waals surface area contributed by atoms with Gasteiger partial charge < -0.3 is 10.6 Å². The number of nitrogen functional groups attached to an aromatic ring is 1. The van der Waals surface area contributed by atoms with E-state index in [-0.39, 0.29) is 5.91 Å². The summed E-state index contributed by atoms with van der Waals surface area (Å²) in [7, 11) is 0. The number of benzene rings is 1. The van der Waals surface area contributed by atoms with Gasteiger partial charge in [-0.1, -0.05) is 31.4 Å². The number of rotatable bonds is 3. The molecule has 104 valence electrons. The summed E-state index contributed by atoms with van der Waals surface area (Å²) in [6.45, 7) is 3.87. The van der Waals surface area contributed by atoms with E-state index in [0.29, 0.717) is 16.3 Å². The molecule has 0 radical (unpaired) electrons. The van der Waals surface area contributed by atoms with Gasteiger partial charge in [0.1, 0.15) is 0 Å². The molecule has 1 amide bonds. The highest BCUT2D eigenvalue weighted by atomic mass is 35.5. The molecule has 0 bridgehead atoms. The molecule has 1 fully saturated rings. The van der Waals surface area contributed by atoms with Crippen LogP contribution >= 0.6 is 11.6 Å². The minimum Gasteiger partial charge on any atom is -0.398 e. The first-order valence-electron chi connectivity index (χ1n) is 6.96. The summed E-state index contributed by atoms with van der Waals surface area (Å²) >= 11 is 5.94. The van der Waals surface area contributed by atoms with Crippen LogP contribution in [0.4, 0.5) is 5.69 Å². The molecule has 19 heavy (non-hydrogen) atoms. The van der Waals surface area contributed by atoms with Gasteiger partial charge in [0, 0.05) is 23.8 Å². The van der Waals surface area contributed by atoms with Gasteiger partial charge in [0.05, 0.1) is 5.56 Å². The minimum absolute atomic E-state index is 0.00921. The number of nitrogens with two attached hydrogens (primary N) is 1. The van der Waals surface area contributed by atoms with E-state index in [0.717, 1.165) is 31.8 Å². The Hall–Kier alpha value is -1.22. The number of carbonyl (C=O) groups is 1. The molecule has 2 rings (SSSR count). The van der Waals surface area contributed by atoms with Crippen molar-refractivity contribution in [3.8, 4) is 0 Å². The lowest BCUT2D eigenvalue weighted by molar-refractivity contribution is 0.0687. The van der Waals surface area contributed by atoms with Crippen LogP contribution in [-0.2, 0) is 0 Å². The summed E-state index contributed by atoms with van der Waals surface area (Å²) in [6.07, 6.45) is 4.68. The average Bonchev–Trinajstić information content (AvgIpc) is 2.42. The molecule has 3 nitrogen and oxygen atoms in total. The van der Waals surface area contributed by atoms with Crippen LogP contribution in [0.2, 0.25) is 5.02 Å². The summed E-state index contributed by atoms with van der Waals surface area (Å²) in [5, 5.41) is 0.554. The van der Waals surface area contributed by atoms with Crippen molar-refractivity contribution in [1.29, 1.82) is 0 Å². The standard InChI is InChI=1S/C15H21ClN2O/c1-2-3-11-6-8-18(9-7-11)15(19)13-10-12(16)4-5-14(13)17/h4-5,10-11H,2-3,6-9,17H2,1H3. The van der Waals surface area contributed by atoms with Gasteiger partial charge in [-0.25, -0.2) is 0 Å². The summed E-state index contributed by atoms with van der Waals surface area (Å²) < 4.78 is 0. The molecule has 0 aromatic heterocycles. The van der Waals surface area contributed by atoms with Crippen molar-refractivity contribution < 1.29 is 4.79 Å². The van der Waals surface area contributed by atoms with Crippen LogP contribution in [0, 0.1) is 5.92 Å². The first kappa shape index (κ1) is 14.2. The molecule has 0 aliphatic carbocycles. The van der Waals surface area contributed by atoms with Gasteiger partial charge in [-0.05, 0) is 37.0 Å². The van der Waals surface area contributed by atoms with Crippen molar-refractivity contribution in [1.82, 2.24) is 4.90 Å². The van der Waals surface area contributed by atoms with E-state index < -0.39 is 0 Å². The van der Waals surface area contributed by atoms with Crippen molar-refractivity contribution in [2.45, 2.75) is 32.6 Å². The molecule has 0 unspecified atom stereocenters. The fraction of sp³-hybridized carbons (Fsp3) is 0.533. The van der Waals surface area contributed by atoms with Crippen LogP contribution in [0.25, 0.3) is 0 Å². The topological polar surface area (TPSA) is 46.3 Å². The molecule has 0 saturated carbocycles. The normalized spacial score (nSPS) is 16.6. The maximum atomic E-state index is 12.4. The first-order valence-corrected chi connectivity index (χ1v) is 7.34. The number of halogens is 1. The molecule has 0 spiro atoms. The zero-order valence-electron chi connectivity index (χ0n) is 11.4. The number of nitrogens with zero attached hydrogens (tertiary/aromatic N) is 1. The molecule has 2 N–H and O–H groups in total. The monoisotopic (exact) mass is 280 g/mol. The van der Waals surface area contributed by atoms with E-state index in [9.17, 15) is 4.79 Å². The number of amides is 1. The van der Waals surface area contributed by atoms with Crippen molar-refractivity contribution in [2.24, 2.45) is 5.92 Å². The van der Waals surface area contributed by atoms with Gasteiger partial charge in [-0.15, -0.1) is 0 Å². The maximum absolute atomic E-state index is 12.4. The second kappa shape index (κ2) is 6.29. The third-order valence-corrected chi connectivity index (χ3v) is 4.08. The van der Waals surface area contributed by atoms with Gasteiger partial charge in [0.25, 0.3) is 5.91 Å². The fourth-order valence-electron chi connectivity index (χ4n) is 2.72. The molecule has 1 heterocycles. The molecule has 1 aromatic carbocycles. The van der Waals surface area contributed by atoms with E-state index in [4.69, 9.17) is 17.3 Å². The molecule has 4 heteroatoms.